The molecule has 1 aliphatic rings. The van der Waals surface area contributed by atoms with Crippen molar-refractivity contribution in [2.24, 2.45) is 0 Å². The Bertz CT molecular complexity index is 635. The number of aryl methyl sites for hydroxylation is 1. The normalized spacial score (nSPS) is 18.3. The minimum atomic E-state index is -4.51. The Labute approximate surface area is 137 Å². The monoisotopic (exact) mass is 349 g/mol. The number of carbonyl (C=O) groups is 1. The van der Waals surface area contributed by atoms with Gasteiger partial charge in [-0.15, -0.1) is 0 Å². The molecule has 1 aromatic rings. The van der Waals surface area contributed by atoms with E-state index in [-0.39, 0.29) is 11.7 Å². The molecular weight excluding hydrogens is 327 g/mol. The Morgan fingerprint density at radius 2 is 2.08 bits per heavy atom. The first kappa shape index (κ1) is 18.5. The van der Waals surface area contributed by atoms with Crippen LogP contribution in [-0.4, -0.2) is 58.0 Å². The lowest BCUT2D eigenvalue weighted by atomic mass is 10.1. The van der Waals surface area contributed by atoms with Crippen molar-refractivity contribution in [1.82, 2.24) is 24.6 Å². The second-order valence-corrected chi connectivity index (χ2v) is 6.26. The number of nitrogens with one attached hydrogen (secondary N) is 1. The van der Waals surface area contributed by atoms with Crippen LogP contribution in [0.3, 0.4) is 0 Å². The van der Waals surface area contributed by atoms with Gasteiger partial charge in [-0.3, -0.25) is 9.36 Å². The Morgan fingerprint density at radius 3 is 2.71 bits per heavy atom. The lowest BCUT2D eigenvalue weighted by Crippen LogP contribution is -2.38. The summed E-state index contributed by atoms with van der Waals surface area (Å²) < 4.78 is 39.6. The average molecular weight is 349 g/mol. The Hall–Kier alpha value is -1.84. The highest BCUT2D eigenvalue weighted by Crippen LogP contribution is 2.20. The van der Waals surface area contributed by atoms with Crippen LogP contribution in [0.25, 0.3) is 0 Å². The molecule has 1 unspecified atom stereocenters. The second-order valence-electron chi connectivity index (χ2n) is 6.26. The van der Waals surface area contributed by atoms with Crippen LogP contribution >= 0.6 is 0 Å². The lowest BCUT2D eigenvalue weighted by Gasteiger charge is -2.16. The summed E-state index contributed by atoms with van der Waals surface area (Å²) in [4.78, 5) is 25.6. The van der Waals surface area contributed by atoms with Crippen molar-refractivity contribution in [1.29, 1.82) is 0 Å². The highest BCUT2D eigenvalue weighted by molar-refractivity contribution is 5.76. The fourth-order valence-corrected chi connectivity index (χ4v) is 2.67. The summed E-state index contributed by atoms with van der Waals surface area (Å²) in [6, 6.07) is -0.379. The van der Waals surface area contributed by atoms with E-state index in [1.54, 1.807) is 4.57 Å². The van der Waals surface area contributed by atoms with Crippen LogP contribution in [0.5, 0.6) is 0 Å². The molecule has 24 heavy (non-hydrogen) atoms. The summed E-state index contributed by atoms with van der Waals surface area (Å²) in [5, 5.41) is 6.70. The van der Waals surface area contributed by atoms with Crippen LogP contribution in [0.1, 0.15) is 25.1 Å². The molecule has 0 saturated carbocycles. The van der Waals surface area contributed by atoms with Crippen molar-refractivity contribution in [2.75, 3.05) is 20.6 Å². The fourth-order valence-electron chi connectivity index (χ4n) is 2.67. The number of fused-ring (bicyclic) bond motifs is 1. The highest BCUT2D eigenvalue weighted by atomic mass is 19.4. The highest BCUT2D eigenvalue weighted by Gasteiger charge is 2.32. The molecule has 7 nitrogen and oxygen atoms in total. The number of nitrogens with zero attached hydrogens (tertiary/aromatic N) is 4. The first-order chi connectivity index (χ1) is 11.2. The van der Waals surface area contributed by atoms with Gasteiger partial charge in [-0.2, -0.15) is 18.3 Å². The number of hydrogen-bond donors (Lipinski definition) is 1. The Kier molecular flexibility index (Phi) is 5.68. The molecule has 0 bridgehead atoms. The minimum absolute atomic E-state index is 0.214. The lowest BCUT2D eigenvalue weighted by molar-refractivity contribution is -0.154. The molecule has 10 heteroatoms. The maximum atomic E-state index is 12.3. The van der Waals surface area contributed by atoms with Gasteiger partial charge in [-0.1, -0.05) is 0 Å². The summed E-state index contributed by atoms with van der Waals surface area (Å²) in [6.07, 6.45) is -4.67. The van der Waals surface area contributed by atoms with E-state index in [0.29, 0.717) is 44.7 Å². The molecule has 0 aromatic carbocycles. The molecular formula is C14H22F3N5O2. The van der Waals surface area contributed by atoms with E-state index in [1.165, 1.54) is 4.68 Å². The van der Waals surface area contributed by atoms with Crippen LogP contribution in [0.2, 0.25) is 0 Å². The molecule has 0 spiro atoms. The molecule has 1 aromatic heterocycles. The van der Waals surface area contributed by atoms with Crippen LogP contribution in [0.4, 0.5) is 13.2 Å². The SMILES string of the molecule is CN(C)CCn1nc2n(c1=O)CCC(NC(=O)CC(F)(F)F)CC2. The second kappa shape index (κ2) is 7.37. The van der Waals surface area contributed by atoms with Crippen LogP contribution in [-0.2, 0) is 24.3 Å². The quantitative estimate of drug-likeness (QED) is 0.834. The predicted octanol–water partition coefficient (Wildman–Crippen LogP) is 0.380. The first-order valence-corrected chi connectivity index (χ1v) is 7.83. The summed E-state index contributed by atoms with van der Waals surface area (Å²) >= 11 is 0. The number of alkyl halides is 3. The summed E-state index contributed by atoms with van der Waals surface area (Å²) in [5.41, 5.74) is -0.214. The molecule has 1 amide bonds. The smallest absolute Gasteiger partial charge is 0.353 e. The number of carbonyl (C=O) groups excluding carboxylic acids is 1. The Morgan fingerprint density at radius 1 is 1.38 bits per heavy atom. The van der Waals surface area contributed by atoms with E-state index in [9.17, 15) is 22.8 Å². The van der Waals surface area contributed by atoms with E-state index in [1.807, 2.05) is 19.0 Å². The number of amides is 1. The van der Waals surface area contributed by atoms with Gasteiger partial charge in [-0.25, -0.2) is 9.48 Å². The topological polar surface area (TPSA) is 72.2 Å². The molecule has 1 aliphatic heterocycles. The number of rotatable bonds is 5. The average Bonchev–Trinajstić information content (AvgIpc) is 2.60. The van der Waals surface area contributed by atoms with Crippen molar-refractivity contribution in [2.45, 2.75) is 51.0 Å². The largest absolute Gasteiger partial charge is 0.397 e. The Balaban J connectivity index is 1.96. The zero-order chi connectivity index (χ0) is 17.9. The number of likely N-dealkylation sites (N-methyl/N-ethyl adjacent to an activating group) is 1. The first-order valence-electron chi connectivity index (χ1n) is 7.83. The molecule has 0 radical (unpaired) electrons. The van der Waals surface area contributed by atoms with E-state index in [0.717, 1.165) is 0 Å². The fraction of sp³-hybridized carbons (Fsp3) is 0.786. The molecule has 0 aliphatic carbocycles. The summed E-state index contributed by atoms with van der Waals surface area (Å²) in [7, 11) is 3.81. The van der Waals surface area contributed by atoms with Gasteiger partial charge >= 0.3 is 11.9 Å². The van der Waals surface area contributed by atoms with Gasteiger partial charge in [0.25, 0.3) is 0 Å². The molecule has 136 valence electrons. The van der Waals surface area contributed by atoms with Gasteiger partial charge in [-0.05, 0) is 26.9 Å². The molecule has 0 fully saturated rings. The van der Waals surface area contributed by atoms with E-state index in [4.69, 9.17) is 0 Å². The predicted molar refractivity (Wildman–Crippen MR) is 80.6 cm³/mol. The van der Waals surface area contributed by atoms with Gasteiger partial charge in [0.1, 0.15) is 12.2 Å². The molecule has 2 heterocycles. The van der Waals surface area contributed by atoms with Crippen LogP contribution in [0.15, 0.2) is 4.79 Å². The zero-order valence-corrected chi connectivity index (χ0v) is 13.8. The van der Waals surface area contributed by atoms with E-state index in [2.05, 4.69) is 10.4 Å². The number of hydrogen-bond acceptors (Lipinski definition) is 4. The third-order valence-corrected chi connectivity index (χ3v) is 3.90. The number of aromatic nitrogens is 3. The van der Waals surface area contributed by atoms with Crippen molar-refractivity contribution >= 4 is 5.91 Å². The van der Waals surface area contributed by atoms with Gasteiger partial charge in [0, 0.05) is 25.6 Å². The molecule has 1 N–H and O–H groups in total. The molecule has 1 atom stereocenters. The van der Waals surface area contributed by atoms with Crippen LogP contribution in [0, 0.1) is 0 Å². The third-order valence-electron chi connectivity index (χ3n) is 3.90. The van der Waals surface area contributed by atoms with Crippen LogP contribution < -0.4 is 11.0 Å². The van der Waals surface area contributed by atoms with Gasteiger partial charge in [0.2, 0.25) is 5.91 Å². The molecule has 2 rings (SSSR count). The van der Waals surface area contributed by atoms with Crippen molar-refractivity contribution in [3.8, 4) is 0 Å². The van der Waals surface area contributed by atoms with Gasteiger partial charge in [0.15, 0.2) is 0 Å². The maximum Gasteiger partial charge on any atom is 0.397 e. The van der Waals surface area contributed by atoms with E-state index >= 15 is 0 Å². The minimum Gasteiger partial charge on any atom is -0.353 e. The zero-order valence-electron chi connectivity index (χ0n) is 13.8. The third kappa shape index (κ3) is 5.08. The van der Waals surface area contributed by atoms with Gasteiger partial charge < -0.3 is 10.2 Å². The van der Waals surface area contributed by atoms with Crippen molar-refractivity contribution in [3.05, 3.63) is 16.3 Å². The van der Waals surface area contributed by atoms with Gasteiger partial charge in [0.05, 0.1) is 6.54 Å². The summed E-state index contributed by atoms with van der Waals surface area (Å²) in [6.45, 7) is 1.51. The van der Waals surface area contributed by atoms with E-state index < -0.39 is 18.5 Å². The number of halogens is 3. The standard InChI is InChI=1S/C14H22F3N5O2/c1-20(2)7-8-22-13(24)21-6-5-10(3-4-11(21)19-22)18-12(23)9-14(15,16)17/h10H,3-9H2,1-2H3,(H,18,23). The van der Waals surface area contributed by atoms with Crippen molar-refractivity contribution < 1.29 is 18.0 Å². The summed E-state index contributed by atoms with van der Waals surface area (Å²) in [5.74, 6) is -0.415. The van der Waals surface area contributed by atoms with Crippen molar-refractivity contribution in [3.63, 3.8) is 0 Å². The molecule has 0 saturated heterocycles. The maximum absolute atomic E-state index is 12.3.